The van der Waals surface area contributed by atoms with Gasteiger partial charge in [-0.3, -0.25) is 0 Å². The van der Waals surface area contributed by atoms with Crippen LogP contribution in [0.15, 0.2) is 36.5 Å². The fourth-order valence-electron chi connectivity index (χ4n) is 1.67. The van der Waals surface area contributed by atoms with Crippen LogP contribution < -0.4 is 11.1 Å². The molecule has 6 heteroatoms. The molecule has 2 aromatic rings. The molecule has 0 spiro atoms. The Balaban J connectivity index is 2.41. The summed E-state index contributed by atoms with van der Waals surface area (Å²) in [6.45, 7) is 0. The van der Waals surface area contributed by atoms with Crippen molar-refractivity contribution in [1.29, 1.82) is 5.26 Å². The van der Waals surface area contributed by atoms with E-state index < -0.39 is 5.97 Å². The van der Waals surface area contributed by atoms with Gasteiger partial charge in [0.15, 0.2) is 0 Å². The molecule has 0 aliphatic rings. The van der Waals surface area contributed by atoms with Crippen LogP contribution in [0, 0.1) is 11.3 Å². The number of hydrogen-bond donors (Lipinski definition) is 2. The molecule has 2 rings (SSSR count). The fraction of sp³-hybridized carbons (Fsp3) is 0.0714. The van der Waals surface area contributed by atoms with Gasteiger partial charge < -0.3 is 15.8 Å². The SMILES string of the molecule is COC(=O)c1ccccc1Nc1ncc(N)cc1C#N. The van der Waals surface area contributed by atoms with Crippen molar-refractivity contribution in [3.05, 3.63) is 47.7 Å². The van der Waals surface area contributed by atoms with Crippen LogP contribution in [-0.2, 0) is 4.74 Å². The molecule has 6 nitrogen and oxygen atoms in total. The maximum absolute atomic E-state index is 11.7. The second kappa shape index (κ2) is 5.71. The molecule has 0 radical (unpaired) electrons. The third-order valence-corrected chi connectivity index (χ3v) is 2.61. The summed E-state index contributed by atoms with van der Waals surface area (Å²) < 4.78 is 4.71. The van der Waals surface area contributed by atoms with Gasteiger partial charge in [-0.25, -0.2) is 9.78 Å². The number of nitrogen functional groups attached to an aromatic ring is 1. The monoisotopic (exact) mass is 268 g/mol. The largest absolute Gasteiger partial charge is 0.465 e. The van der Waals surface area contributed by atoms with Gasteiger partial charge in [0, 0.05) is 0 Å². The molecule has 0 atom stereocenters. The quantitative estimate of drug-likeness (QED) is 0.826. The Morgan fingerprint density at radius 3 is 2.90 bits per heavy atom. The summed E-state index contributed by atoms with van der Waals surface area (Å²) in [5.74, 6) is -0.139. The molecule has 0 unspecified atom stereocenters. The zero-order valence-corrected chi connectivity index (χ0v) is 10.8. The van der Waals surface area contributed by atoms with E-state index in [-0.39, 0.29) is 0 Å². The van der Waals surface area contributed by atoms with Crippen molar-refractivity contribution in [1.82, 2.24) is 4.98 Å². The number of aromatic nitrogens is 1. The topological polar surface area (TPSA) is 101 Å². The first-order valence-corrected chi connectivity index (χ1v) is 5.75. The molecule has 0 aliphatic carbocycles. The highest BCUT2D eigenvalue weighted by molar-refractivity contribution is 5.96. The number of para-hydroxylation sites is 1. The zero-order valence-electron chi connectivity index (χ0n) is 10.8. The number of nitrogens with zero attached hydrogens (tertiary/aromatic N) is 2. The third-order valence-electron chi connectivity index (χ3n) is 2.61. The second-order valence-corrected chi connectivity index (χ2v) is 3.94. The molecule has 1 aromatic carbocycles. The molecule has 1 heterocycles. The fourth-order valence-corrected chi connectivity index (χ4v) is 1.67. The first kappa shape index (κ1) is 13.4. The molecule has 0 fully saturated rings. The van der Waals surface area contributed by atoms with Gasteiger partial charge in [0.1, 0.15) is 11.9 Å². The van der Waals surface area contributed by atoms with Gasteiger partial charge in [-0.2, -0.15) is 5.26 Å². The van der Waals surface area contributed by atoms with Gasteiger partial charge >= 0.3 is 5.97 Å². The van der Waals surface area contributed by atoms with E-state index in [2.05, 4.69) is 10.3 Å². The summed E-state index contributed by atoms with van der Waals surface area (Å²) in [7, 11) is 1.31. The smallest absolute Gasteiger partial charge is 0.339 e. The number of carbonyl (C=O) groups is 1. The van der Waals surface area contributed by atoms with Gasteiger partial charge in [0.2, 0.25) is 0 Å². The van der Waals surface area contributed by atoms with Crippen LogP contribution in [0.3, 0.4) is 0 Å². The Morgan fingerprint density at radius 1 is 1.45 bits per heavy atom. The van der Waals surface area contributed by atoms with Crippen molar-refractivity contribution >= 4 is 23.2 Å². The number of hydrogen-bond acceptors (Lipinski definition) is 6. The van der Waals surface area contributed by atoms with Crippen molar-refractivity contribution in [2.24, 2.45) is 0 Å². The first-order valence-electron chi connectivity index (χ1n) is 5.75. The van der Waals surface area contributed by atoms with E-state index in [0.29, 0.717) is 28.3 Å². The molecule has 0 amide bonds. The summed E-state index contributed by atoms with van der Waals surface area (Å²) in [5, 5.41) is 12.0. The van der Waals surface area contributed by atoms with Crippen molar-refractivity contribution in [3.63, 3.8) is 0 Å². The third kappa shape index (κ3) is 2.67. The number of benzene rings is 1. The van der Waals surface area contributed by atoms with Crippen LogP contribution in [0.1, 0.15) is 15.9 Å². The average molecular weight is 268 g/mol. The van der Waals surface area contributed by atoms with Crippen LogP contribution in [0.4, 0.5) is 17.2 Å². The highest BCUT2D eigenvalue weighted by atomic mass is 16.5. The van der Waals surface area contributed by atoms with Crippen LogP contribution in [0.25, 0.3) is 0 Å². The molecule has 0 bridgehead atoms. The summed E-state index contributed by atoms with van der Waals surface area (Å²) in [5.41, 5.74) is 7.14. The highest BCUT2D eigenvalue weighted by Crippen LogP contribution is 2.23. The minimum absolute atomic E-state index is 0.296. The van der Waals surface area contributed by atoms with Gasteiger partial charge in [0.05, 0.1) is 35.8 Å². The van der Waals surface area contributed by atoms with E-state index in [1.54, 1.807) is 24.3 Å². The van der Waals surface area contributed by atoms with Gasteiger partial charge in [-0.15, -0.1) is 0 Å². The molecule has 1 aromatic heterocycles. The molecular formula is C14H12N4O2. The van der Waals surface area contributed by atoms with Crippen molar-refractivity contribution in [3.8, 4) is 6.07 Å². The van der Waals surface area contributed by atoms with Crippen LogP contribution >= 0.6 is 0 Å². The molecule has 0 saturated heterocycles. The van der Waals surface area contributed by atoms with E-state index in [9.17, 15) is 4.79 Å². The first-order chi connectivity index (χ1) is 9.65. The lowest BCUT2D eigenvalue weighted by molar-refractivity contribution is 0.0602. The molecule has 0 aliphatic heterocycles. The summed E-state index contributed by atoms with van der Waals surface area (Å²) >= 11 is 0. The predicted molar refractivity (Wildman–Crippen MR) is 74.4 cm³/mol. The Kier molecular flexibility index (Phi) is 3.82. The van der Waals surface area contributed by atoms with E-state index in [4.69, 9.17) is 15.7 Å². The van der Waals surface area contributed by atoms with E-state index in [1.807, 2.05) is 6.07 Å². The maximum Gasteiger partial charge on any atom is 0.339 e. The molecule has 100 valence electrons. The number of pyridine rings is 1. The number of anilines is 3. The zero-order chi connectivity index (χ0) is 14.5. The Labute approximate surface area is 115 Å². The molecule has 3 N–H and O–H groups in total. The molecule has 0 saturated carbocycles. The van der Waals surface area contributed by atoms with Crippen molar-refractivity contribution in [2.45, 2.75) is 0 Å². The van der Waals surface area contributed by atoms with E-state index >= 15 is 0 Å². The number of nitrogens with one attached hydrogen (secondary N) is 1. The van der Waals surface area contributed by atoms with Gasteiger partial charge in [-0.05, 0) is 18.2 Å². The number of ether oxygens (including phenoxy) is 1. The van der Waals surface area contributed by atoms with Crippen molar-refractivity contribution in [2.75, 3.05) is 18.2 Å². The number of carbonyl (C=O) groups excluding carboxylic acids is 1. The van der Waals surface area contributed by atoms with E-state index in [0.717, 1.165) is 0 Å². The van der Waals surface area contributed by atoms with Crippen molar-refractivity contribution < 1.29 is 9.53 Å². The summed E-state index contributed by atoms with van der Waals surface area (Å²) in [6.07, 6.45) is 1.43. The second-order valence-electron chi connectivity index (χ2n) is 3.94. The number of nitrogens with two attached hydrogens (primary N) is 1. The Bertz CT molecular complexity index is 692. The normalized spacial score (nSPS) is 9.60. The average Bonchev–Trinajstić information content (AvgIpc) is 2.48. The van der Waals surface area contributed by atoms with Crippen LogP contribution in [0.5, 0.6) is 0 Å². The number of methoxy groups -OCH3 is 1. The standard InChI is InChI=1S/C14H12N4O2/c1-20-14(19)11-4-2-3-5-12(11)18-13-9(7-15)6-10(16)8-17-13/h2-6,8H,16H2,1H3,(H,17,18). The highest BCUT2D eigenvalue weighted by Gasteiger charge is 2.13. The number of esters is 1. The van der Waals surface area contributed by atoms with Gasteiger partial charge in [-0.1, -0.05) is 12.1 Å². The molecular weight excluding hydrogens is 256 g/mol. The van der Waals surface area contributed by atoms with Crippen LogP contribution in [-0.4, -0.2) is 18.1 Å². The Morgan fingerprint density at radius 2 is 2.20 bits per heavy atom. The van der Waals surface area contributed by atoms with Gasteiger partial charge in [0.25, 0.3) is 0 Å². The van der Waals surface area contributed by atoms with E-state index in [1.165, 1.54) is 19.4 Å². The lowest BCUT2D eigenvalue weighted by Gasteiger charge is -2.11. The summed E-state index contributed by atoms with van der Waals surface area (Å²) in [4.78, 5) is 15.7. The lowest BCUT2D eigenvalue weighted by Crippen LogP contribution is -2.07. The maximum atomic E-state index is 11.7. The lowest BCUT2D eigenvalue weighted by atomic mass is 10.1. The minimum atomic E-state index is -0.470. The van der Waals surface area contributed by atoms with Crippen LogP contribution in [0.2, 0.25) is 0 Å². The minimum Gasteiger partial charge on any atom is -0.465 e. The number of nitriles is 1. The summed E-state index contributed by atoms with van der Waals surface area (Å²) in [6, 6.07) is 10.3. The number of rotatable bonds is 3. The Hall–Kier alpha value is -3.07. The molecule has 20 heavy (non-hydrogen) atoms. The predicted octanol–water partition coefficient (Wildman–Crippen LogP) is 2.07.